The van der Waals surface area contributed by atoms with Gasteiger partial charge in [0, 0.05) is 36.5 Å². The lowest BCUT2D eigenvalue weighted by Gasteiger charge is -2.36. The fourth-order valence-electron chi connectivity index (χ4n) is 2.28. The van der Waals surface area contributed by atoms with E-state index in [4.69, 9.17) is 0 Å². The summed E-state index contributed by atoms with van der Waals surface area (Å²) in [6.07, 6.45) is 0. The van der Waals surface area contributed by atoms with Crippen LogP contribution in [0.2, 0.25) is 0 Å². The van der Waals surface area contributed by atoms with E-state index in [0.29, 0.717) is 30.4 Å². The third-order valence-electron chi connectivity index (χ3n) is 3.48. The minimum Gasteiger partial charge on any atom is -0.340 e. The van der Waals surface area contributed by atoms with Crippen LogP contribution in [0.25, 0.3) is 0 Å². The second-order valence-electron chi connectivity index (χ2n) is 6.31. The third kappa shape index (κ3) is 3.46. The van der Waals surface area contributed by atoms with Crippen molar-refractivity contribution < 1.29 is 13.2 Å². The van der Waals surface area contributed by atoms with Crippen molar-refractivity contribution in [1.29, 1.82) is 0 Å². The largest absolute Gasteiger partial charge is 0.340 e. The lowest BCUT2D eigenvalue weighted by atomic mass is 9.94. The van der Waals surface area contributed by atoms with Crippen molar-refractivity contribution in [1.82, 2.24) is 9.21 Å². The van der Waals surface area contributed by atoms with Crippen LogP contribution in [-0.2, 0) is 14.8 Å². The molecule has 1 saturated heterocycles. The van der Waals surface area contributed by atoms with Crippen LogP contribution < -0.4 is 0 Å². The first-order valence-corrected chi connectivity index (χ1v) is 9.24. The van der Waals surface area contributed by atoms with Gasteiger partial charge in [-0.3, -0.25) is 4.79 Å². The Morgan fingerprint density at radius 3 is 2.14 bits per heavy atom. The van der Waals surface area contributed by atoms with Crippen LogP contribution in [0.3, 0.4) is 0 Å². The molecular weight excluding hydrogens is 308 g/mol. The van der Waals surface area contributed by atoms with E-state index in [1.54, 1.807) is 11.0 Å². The van der Waals surface area contributed by atoms with Gasteiger partial charge in [0.05, 0.1) is 0 Å². The normalized spacial score (nSPS) is 18.0. The van der Waals surface area contributed by atoms with E-state index in [9.17, 15) is 13.2 Å². The number of nitrogens with zero attached hydrogens (tertiary/aromatic N) is 2. The van der Waals surface area contributed by atoms with Crippen LogP contribution in [0.1, 0.15) is 25.6 Å². The number of rotatable bonds is 2. The fraction of sp³-hybridized carbons (Fsp3) is 0.643. The Hall–Kier alpha value is -0.920. The summed E-state index contributed by atoms with van der Waals surface area (Å²) in [5, 5.41) is 0. The first-order chi connectivity index (χ1) is 9.62. The van der Waals surface area contributed by atoms with Crippen LogP contribution in [-0.4, -0.2) is 49.7 Å². The van der Waals surface area contributed by atoms with Gasteiger partial charge in [0.1, 0.15) is 4.21 Å². The van der Waals surface area contributed by atoms with Gasteiger partial charge in [-0.05, 0) is 19.1 Å². The molecule has 0 aromatic carbocycles. The predicted octanol–water partition coefficient (Wildman–Crippen LogP) is 1.94. The number of piperazine rings is 1. The molecule has 2 heterocycles. The van der Waals surface area contributed by atoms with Crippen molar-refractivity contribution in [3.05, 3.63) is 17.0 Å². The first kappa shape index (κ1) is 16.5. The summed E-state index contributed by atoms with van der Waals surface area (Å²) in [6.45, 7) is 9.18. The highest BCUT2D eigenvalue weighted by molar-refractivity contribution is 7.91. The second-order valence-corrected chi connectivity index (χ2v) is 9.76. The Morgan fingerprint density at radius 2 is 1.71 bits per heavy atom. The Morgan fingerprint density at radius 1 is 1.14 bits per heavy atom. The van der Waals surface area contributed by atoms with Gasteiger partial charge in [-0.15, -0.1) is 11.3 Å². The lowest BCUT2D eigenvalue weighted by Crippen LogP contribution is -2.52. The lowest BCUT2D eigenvalue weighted by molar-refractivity contribution is -0.140. The summed E-state index contributed by atoms with van der Waals surface area (Å²) in [5.41, 5.74) is -0.425. The zero-order valence-corrected chi connectivity index (χ0v) is 14.6. The minimum atomic E-state index is -3.41. The van der Waals surface area contributed by atoms with Gasteiger partial charge in [0.2, 0.25) is 5.91 Å². The molecule has 1 aromatic heterocycles. The molecule has 5 nitrogen and oxygen atoms in total. The molecule has 0 aliphatic carbocycles. The molecule has 0 unspecified atom stereocenters. The van der Waals surface area contributed by atoms with Crippen LogP contribution >= 0.6 is 11.3 Å². The maximum absolute atomic E-state index is 12.5. The number of hydrogen-bond donors (Lipinski definition) is 0. The number of carbonyl (C=O) groups is 1. The zero-order valence-electron chi connectivity index (χ0n) is 12.9. The molecule has 21 heavy (non-hydrogen) atoms. The predicted molar refractivity (Wildman–Crippen MR) is 83.8 cm³/mol. The molecule has 0 N–H and O–H groups in total. The number of amides is 1. The number of thiophene rings is 1. The van der Waals surface area contributed by atoms with E-state index in [-0.39, 0.29) is 5.91 Å². The van der Waals surface area contributed by atoms with Crippen molar-refractivity contribution in [2.75, 3.05) is 26.2 Å². The van der Waals surface area contributed by atoms with Gasteiger partial charge in [-0.2, -0.15) is 4.31 Å². The average Bonchev–Trinajstić information content (AvgIpc) is 2.84. The quantitative estimate of drug-likeness (QED) is 0.832. The van der Waals surface area contributed by atoms with Crippen LogP contribution in [0.5, 0.6) is 0 Å². The van der Waals surface area contributed by atoms with E-state index in [0.717, 1.165) is 4.88 Å². The third-order valence-corrected chi connectivity index (χ3v) is 6.84. The van der Waals surface area contributed by atoms with Crippen molar-refractivity contribution in [3.63, 3.8) is 0 Å². The summed E-state index contributed by atoms with van der Waals surface area (Å²) in [6, 6.07) is 3.47. The van der Waals surface area contributed by atoms with E-state index in [1.165, 1.54) is 15.6 Å². The van der Waals surface area contributed by atoms with E-state index >= 15 is 0 Å². The molecule has 0 spiro atoms. The number of carbonyl (C=O) groups excluding carboxylic acids is 1. The van der Waals surface area contributed by atoms with Crippen molar-refractivity contribution in [2.45, 2.75) is 31.9 Å². The SMILES string of the molecule is Cc1ccc(S(=O)(=O)N2CCN(C(=O)C(C)(C)C)CC2)s1. The monoisotopic (exact) mass is 330 g/mol. The molecule has 1 aromatic rings. The molecule has 118 valence electrons. The standard InChI is InChI=1S/C14H22N2O3S2/c1-11-5-6-12(20-11)21(18,19)16-9-7-15(8-10-16)13(17)14(2,3)4/h5-6H,7-10H2,1-4H3. The zero-order chi connectivity index (χ0) is 15.8. The molecule has 0 atom stereocenters. The highest BCUT2D eigenvalue weighted by Crippen LogP contribution is 2.26. The molecule has 0 saturated carbocycles. The summed E-state index contributed by atoms with van der Waals surface area (Å²) in [7, 11) is -3.41. The van der Waals surface area contributed by atoms with Crippen molar-refractivity contribution in [2.24, 2.45) is 5.41 Å². The molecule has 0 bridgehead atoms. The molecule has 2 rings (SSSR count). The Balaban J connectivity index is 2.06. The molecule has 1 amide bonds. The minimum absolute atomic E-state index is 0.0755. The highest BCUT2D eigenvalue weighted by atomic mass is 32.2. The van der Waals surface area contributed by atoms with E-state index in [2.05, 4.69) is 0 Å². The fourth-order valence-corrected chi connectivity index (χ4v) is 5.14. The number of hydrogen-bond acceptors (Lipinski definition) is 4. The number of aryl methyl sites for hydroxylation is 1. The van der Waals surface area contributed by atoms with Crippen molar-refractivity contribution >= 4 is 27.3 Å². The summed E-state index contributed by atoms with van der Waals surface area (Å²) in [5.74, 6) is 0.0755. The molecule has 1 fully saturated rings. The molecule has 1 aliphatic heterocycles. The average molecular weight is 330 g/mol. The molecule has 1 aliphatic rings. The van der Waals surface area contributed by atoms with Gasteiger partial charge in [-0.1, -0.05) is 20.8 Å². The topological polar surface area (TPSA) is 57.7 Å². The van der Waals surface area contributed by atoms with Gasteiger partial charge in [0.25, 0.3) is 10.0 Å². The summed E-state index contributed by atoms with van der Waals surface area (Å²) in [4.78, 5) is 14.9. The highest BCUT2D eigenvalue weighted by Gasteiger charge is 2.34. The second kappa shape index (κ2) is 5.70. The number of sulfonamides is 1. The van der Waals surface area contributed by atoms with E-state index < -0.39 is 15.4 Å². The summed E-state index contributed by atoms with van der Waals surface area (Å²) < 4.78 is 26.9. The van der Waals surface area contributed by atoms with Gasteiger partial charge in [0.15, 0.2) is 0 Å². The first-order valence-electron chi connectivity index (χ1n) is 6.98. The van der Waals surface area contributed by atoms with Crippen LogP contribution in [0.4, 0.5) is 0 Å². The van der Waals surface area contributed by atoms with Crippen LogP contribution in [0, 0.1) is 12.3 Å². The smallest absolute Gasteiger partial charge is 0.252 e. The summed E-state index contributed by atoms with van der Waals surface area (Å²) >= 11 is 1.29. The Bertz CT molecular complexity index is 621. The van der Waals surface area contributed by atoms with E-state index in [1.807, 2.05) is 33.8 Å². The van der Waals surface area contributed by atoms with Crippen LogP contribution in [0.15, 0.2) is 16.3 Å². The maximum Gasteiger partial charge on any atom is 0.252 e. The Labute approximate surface area is 130 Å². The molecule has 7 heteroatoms. The van der Waals surface area contributed by atoms with Crippen molar-refractivity contribution in [3.8, 4) is 0 Å². The Kier molecular flexibility index (Phi) is 4.46. The molecule has 0 radical (unpaired) electrons. The van der Waals surface area contributed by atoms with Gasteiger partial charge in [-0.25, -0.2) is 8.42 Å². The maximum atomic E-state index is 12.5. The molecular formula is C14H22N2O3S2. The van der Waals surface area contributed by atoms with Gasteiger partial charge < -0.3 is 4.90 Å². The van der Waals surface area contributed by atoms with Gasteiger partial charge >= 0.3 is 0 Å².